The number of rotatable bonds is 6. The first kappa shape index (κ1) is 22.2. The molecule has 0 amide bonds. The van der Waals surface area contributed by atoms with Crippen molar-refractivity contribution in [1.29, 1.82) is 5.26 Å². The Kier molecular flexibility index (Phi) is 6.82. The third kappa shape index (κ3) is 5.03. The Morgan fingerprint density at radius 2 is 2.00 bits per heavy atom. The fourth-order valence-electron chi connectivity index (χ4n) is 2.47. The van der Waals surface area contributed by atoms with Crippen LogP contribution in [-0.2, 0) is 15.7 Å². The molecule has 1 aromatic heterocycles. The summed E-state index contributed by atoms with van der Waals surface area (Å²) in [5.41, 5.74) is -2.40. The van der Waals surface area contributed by atoms with E-state index in [0.717, 1.165) is 18.2 Å². The molecule has 0 radical (unpaired) electrons. The number of nitriles is 1. The minimum absolute atomic E-state index is 0.124. The van der Waals surface area contributed by atoms with E-state index in [2.05, 4.69) is 4.98 Å². The molecule has 0 aliphatic carbocycles. The predicted octanol–water partition coefficient (Wildman–Crippen LogP) is 4.52. The molecule has 0 aliphatic heterocycles. The summed E-state index contributed by atoms with van der Waals surface area (Å²) in [7, 11) is 0. The molecule has 0 spiro atoms. The van der Waals surface area contributed by atoms with Crippen molar-refractivity contribution >= 4 is 23.4 Å². The van der Waals surface area contributed by atoms with Gasteiger partial charge in [0.1, 0.15) is 11.8 Å². The maximum atomic E-state index is 13.1. The van der Waals surface area contributed by atoms with Crippen LogP contribution in [0, 0.1) is 11.3 Å². The van der Waals surface area contributed by atoms with Crippen LogP contribution in [0.15, 0.2) is 24.3 Å². The van der Waals surface area contributed by atoms with E-state index in [-0.39, 0.29) is 36.3 Å². The molecule has 1 heterocycles. The molecule has 0 saturated carbocycles. The van der Waals surface area contributed by atoms with Crippen LogP contribution in [0.25, 0.3) is 11.3 Å². The van der Waals surface area contributed by atoms with E-state index in [1.807, 2.05) is 0 Å². The summed E-state index contributed by atoms with van der Waals surface area (Å²) in [6.07, 6.45) is -5.38. The van der Waals surface area contributed by atoms with Crippen LogP contribution in [0.3, 0.4) is 0 Å². The Morgan fingerprint density at radius 1 is 1.31 bits per heavy atom. The monoisotopic (exact) mass is 426 g/mol. The third-order valence-electron chi connectivity index (χ3n) is 3.82. The highest BCUT2D eigenvalue weighted by atomic mass is 35.5. The van der Waals surface area contributed by atoms with Gasteiger partial charge in [-0.3, -0.25) is 9.59 Å². The van der Waals surface area contributed by atoms with Crippen LogP contribution < -0.4 is 0 Å². The molecule has 1 aromatic carbocycles. The topological polar surface area (TPSA) is 100 Å². The highest BCUT2D eigenvalue weighted by Crippen LogP contribution is 2.40. The van der Waals surface area contributed by atoms with Gasteiger partial charge in [0, 0.05) is 12.0 Å². The molecule has 2 aromatic rings. The van der Waals surface area contributed by atoms with Gasteiger partial charge in [0.05, 0.1) is 34.9 Å². The Bertz CT molecular complexity index is 1000. The Hall–Kier alpha value is -3.12. The fourth-order valence-corrected chi connectivity index (χ4v) is 2.80. The number of aromatic hydroxyl groups is 1. The van der Waals surface area contributed by atoms with Crippen LogP contribution >= 0.6 is 11.6 Å². The number of carbonyl (C=O) groups excluding carboxylic acids is 2. The van der Waals surface area contributed by atoms with Gasteiger partial charge in [0.25, 0.3) is 0 Å². The van der Waals surface area contributed by atoms with E-state index in [1.54, 1.807) is 13.0 Å². The van der Waals surface area contributed by atoms with E-state index >= 15 is 0 Å². The molecule has 6 nitrogen and oxygen atoms in total. The van der Waals surface area contributed by atoms with Gasteiger partial charge in [0.2, 0.25) is 0 Å². The fraction of sp³-hybridized carbons (Fsp3) is 0.263. The molecular weight excluding hydrogens is 413 g/mol. The average Bonchev–Trinajstić information content (AvgIpc) is 2.66. The van der Waals surface area contributed by atoms with Crippen LogP contribution in [0.1, 0.15) is 41.4 Å². The summed E-state index contributed by atoms with van der Waals surface area (Å²) >= 11 is 5.88. The normalized spacial score (nSPS) is 11.0. The molecule has 1 N–H and O–H groups in total. The number of hydrogen-bond acceptors (Lipinski definition) is 6. The third-order valence-corrected chi connectivity index (χ3v) is 4.23. The second-order valence-electron chi connectivity index (χ2n) is 5.76. The molecule has 152 valence electrons. The second-order valence-corrected chi connectivity index (χ2v) is 6.14. The van der Waals surface area contributed by atoms with Crippen LogP contribution in [0.2, 0.25) is 5.02 Å². The number of ether oxygens (including phenoxy) is 1. The lowest BCUT2D eigenvalue weighted by Crippen LogP contribution is -2.10. The number of hydrogen-bond donors (Lipinski definition) is 1. The zero-order valence-electron chi connectivity index (χ0n) is 15.0. The SMILES string of the molecule is CCOC(=O)CCC(=O)c1nc(-c2cccc(C(F)(F)F)c2Cl)cc(C#N)c1O. The van der Waals surface area contributed by atoms with Crippen LogP contribution in [-0.4, -0.2) is 28.4 Å². The van der Waals surface area contributed by atoms with E-state index in [4.69, 9.17) is 16.3 Å². The van der Waals surface area contributed by atoms with Crippen molar-refractivity contribution in [2.45, 2.75) is 25.9 Å². The quantitative estimate of drug-likeness (QED) is 0.538. The van der Waals surface area contributed by atoms with Crippen molar-refractivity contribution in [3.63, 3.8) is 0 Å². The number of Topliss-reactive ketones (excluding diaryl/α,β-unsaturated/α-hetero) is 1. The van der Waals surface area contributed by atoms with Crippen molar-refractivity contribution in [3.05, 3.63) is 46.1 Å². The number of alkyl halides is 3. The Balaban J connectivity index is 2.52. The predicted molar refractivity (Wildman–Crippen MR) is 96.3 cm³/mol. The van der Waals surface area contributed by atoms with E-state index in [1.165, 1.54) is 6.07 Å². The van der Waals surface area contributed by atoms with Gasteiger partial charge >= 0.3 is 12.1 Å². The van der Waals surface area contributed by atoms with Crippen LogP contribution in [0.4, 0.5) is 13.2 Å². The summed E-state index contributed by atoms with van der Waals surface area (Å²) in [5.74, 6) is -2.15. The standard InChI is InChI=1S/C19H14ClF3N2O4/c1-2-29-15(27)7-6-14(26)17-18(28)10(9-24)8-13(25-17)11-4-3-5-12(16(11)20)19(21,22)23/h3-5,8,28H,2,6-7H2,1H3. The number of esters is 1. The lowest BCUT2D eigenvalue weighted by molar-refractivity contribution is -0.143. The number of aromatic nitrogens is 1. The molecule has 0 unspecified atom stereocenters. The average molecular weight is 427 g/mol. The zero-order valence-corrected chi connectivity index (χ0v) is 15.8. The lowest BCUT2D eigenvalue weighted by Gasteiger charge is -2.13. The first-order chi connectivity index (χ1) is 13.6. The summed E-state index contributed by atoms with van der Waals surface area (Å²) in [6, 6.07) is 5.80. The van der Waals surface area contributed by atoms with Gasteiger partial charge in [-0.25, -0.2) is 4.98 Å². The number of pyridine rings is 1. The number of carbonyl (C=O) groups is 2. The van der Waals surface area contributed by atoms with Gasteiger partial charge in [-0.05, 0) is 19.1 Å². The second kappa shape index (κ2) is 8.92. The van der Waals surface area contributed by atoms with Crippen LogP contribution in [0.5, 0.6) is 5.75 Å². The minimum Gasteiger partial charge on any atom is -0.504 e. The maximum absolute atomic E-state index is 13.1. The molecule has 0 bridgehead atoms. The molecular formula is C19H14ClF3N2O4. The van der Waals surface area contributed by atoms with Gasteiger partial charge in [-0.1, -0.05) is 23.7 Å². The number of ketones is 1. The molecule has 0 aliphatic rings. The van der Waals surface area contributed by atoms with E-state index < -0.39 is 40.0 Å². The Morgan fingerprint density at radius 3 is 2.59 bits per heavy atom. The van der Waals surface area contributed by atoms with Gasteiger partial charge in [0.15, 0.2) is 11.5 Å². The zero-order chi connectivity index (χ0) is 21.8. The molecule has 0 fully saturated rings. The van der Waals surface area contributed by atoms with E-state index in [0.29, 0.717) is 0 Å². The number of halogens is 4. The van der Waals surface area contributed by atoms with Crippen molar-refractivity contribution in [1.82, 2.24) is 4.98 Å². The Labute approximate surface area is 168 Å². The molecule has 29 heavy (non-hydrogen) atoms. The smallest absolute Gasteiger partial charge is 0.417 e. The van der Waals surface area contributed by atoms with Gasteiger partial charge in [-0.15, -0.1) is 0 Å². The van der Waals surface area contributed by atoms with Crippen molar-refractivity contribution in [2.75, 3.05) is 6.61 Å². The highest BCUT2D eigenvalue weighted by Gasteiger charge is 2.34. The highest BCUT2D eigenvalue weighted by molar-refractivity contribution is 6.34. The van der Waals surface area contributed by atoms with E-state index in [9.17, 15) is 33.1 Å². The molecule has 2 rings (SSSR count). The van der Waals surface area contributed by atoms with Crippen molar-refractivity contribution in [3.8, 4) is 23.1 Å². The van der Waals surface area contributed by atoms with Crippen molar-refractivity contribution in [2.24, 2.45) is 0 Å². The summed E-state index contributed by atoms with van der Waals surface area (Å²) < 4.78 is 44.0. The lowest BCUT2D eigenvalue weighted by atomic mass is 10.0. The largest absolute Gasteiger partial charge is 0.504 e. The van der Waals surface area contributed by atoms with Gasteiger partial charge in [-0.2, -0.15) is 18.4 Å². The summed E-state index contributed by atoms with van der Waals surface area (Å²) in [5, 5.41) is 18.7. The first-order valence-corrected chi connectivity index (χ1v) is 8.66. The maximum Gasteiger partial charge on any atom is 0.417 e. The summed E-state index contributed by atoms with van der Waals surface area (Å²) in [4.78, 5) is 27.7. The molecule has 10 heteroatoms. The number of benzene rings is 1. The molecule has 0 atom stereocenters. The van der Waals surface area contributed by atoms with Crippen molar-refractivity contribution < 1.29 is 32.6 Å². The summed E-state index contributed by atoms with van der Waals surface area (Å²) in [6.45, 7) is 1.72. The van der Waals surface area contributed by atoms with Gasteiger partial charge < -0.3 is 9.84 Å². The molecule has 0 saturated heterocycles. The number of nitrogens with zero attached hydrogens (tertiary/aromatic N) is 2. The first-order valence-electron chi connectivity index (χ1n) is 8.29. The minimum atomic E-state index is -4.72.